The summed E-state index contributed by atoms with van der Waals surface area (Å²) in [5, 5.41) is 15.1. The molecule has 0 heterocycles. The summed E-state index contributed by atoms with van der Waals surface area (Å²) in [7, 11) is -2.73. The van der Waals surface area contributed by atoms with Crippen LogP contribution in [0.25, 0.3) is 0 Å². The second kappa shape index (κ2) is 12.0. The third kappa shape index (κ3) is 6.81. The zero-order chi connectivity index (χ0) is 28.0. The first-order valence-electron chi connectivity index (χ1n) is 11.7. The van der Waals surface area contributed by atoms with Gasteiger partial charge in [0.15, 0.2) is 5.75 Å². The van der Waals surface area contributed by atoms with Crippen molar-refractivity contribution in [3.8, 4) is 5.75 Å². The van der Waals surface area contributed by atoms with Crippen LogP contribution in [0.2, 0.25) is 0 Å². The van der Waals surface area contributed by atoms with Gasteiger partial charge in [-0.3, -0.25) is 14.9 Å². The smallest absolute Gasteiger partial charge is 0.311 e. The number of nitro benzene ring substituents is 1. The molecule has 0 aliphatic rings. The Hall–Kier alpha value is -4.09. The summed E-state index contributed by atoms with van der Waals surface area (Å²) in [4.78, 5) is 23.6. The van der Waals surface area contributed by atoms with Gasteiger partial charge in [0.25, 0.3) is 5.91 Å². The van der Waals surface area contributed by atoms with E-state index >= 15 is 0 Å². The van der Waals surface area contributed by atoms with Crippen molar-refractivity contribution in [2.24, 2.45) is 5.10 Å². The van der Waals surface area contributed by atoms with E-state index in [1.807, 2.05) is 38.1 Å². The third-order valence-electron chi connectivity index (χ3n) is 5.80. The summed E-state index contributed by atoms with van der Waals surface area (Å²) < 4.78 is 33.7. The SMILES string of the molecule is COc1ccc(/C=N/NC(=O)CN(Cc2ccc(C)cc2)S(=O)(=O)c2c(C)cc(C)cc2C)cc1[N+](=O)[O-]. The number of nitro groups is 1. The minimum atomic E-state index is -4.05. The van der Waals surface area contributed by atoms with E-state index in [4.69, 9.17) is 4.74 Å². The van der Waals surface area contributed by atoms with Gasteiger partial charge in [0.2, 0.25) is 10.0 Å². The molecule has 38 heavy (non-hydrogen) atoms. The van der Waals surface area contributed by atoms with Gasteiger partial charge in [-0.05, 0) is 56.5 Å². The number of rotatable bonds is 10. The summed E-state index contributed by atoms with van der Waals surface area (Å²) in [6, 6.07) is 15.2. The number of hydrogen-bond donors (Lipinski definition) is 1. The molecule has 0 spiro atoms. The average molecular weight is 539 g/mol. The average Bonchev–Trinajstić information content (AvgIpc) is 2.84. The zero-order valence-electron chi connectivity index (χ0n) is 21.9. The van der Waals surface area contributed by atoms with Crippen LogP contribution in [0.4, 0.5) is 5.69 Å². The van der Waals surface area contributed by atoms with Crippen molar-refractivity contribution in [2.75, 3.05) is 13.7 Å². The van der Waals surface area contributed by atoms with Crippen molar-refractivity contribution in [1.29, 1.82) is 0 Å². The topological polar surface area (TPSA) is 131 Å². The number of methoxy groups -OCH3 is 1. The number of carbonyl (C=O) groups excluding carboxylic acids is 1. The summed E-state index contributed by atoms with van der Waals surface area (Å²) in [6.07, 6.45) is 1.23. The number of hydrazone groups is 1. The molecule has 0 fully saturated rings. The zero-order valence-corrected chi connectivity index (χ0v) is 22.7. The van der Waals surface area contributed by atoms with Crippen LogP contribution < -0.4 is 10.2 Å². The Kier molecular flexibility index (Phi) is 8.97. The van der Waals surface area contributed by atoms with Crippen LogP contribution in [0.15, 0.2) is 64.6 Å². The predicted octanol–water partition coefficient (Wildman–Crippen LogP) is 4.18. The van der Waals surface area contributed by atoms with Crippen molar-refractivity contribution < 1.29 is 22.9 Å². The van der Waals surface area contributed by atoms with Crippen LogP contribution in [0.1, 0.15) is 33.4 Å². The standard InChI is InChI=1S/C27H30N4O6S/c1-18-6-8-22(9-7-18)16-30(38(35,36)27-20(3)12-19(2)13-21(27)4)17-26(32)29-28-15-23-10-11-25(37-5)24(14-23)31(33)34/h6-15H,16-17H2,1-5H3,(H,29,32)/b28-15+. The maximum atomic E-state index is 13.8. The lowest BCUT2D eigenvalue weighted by molar-refractivity contribution is -0.385. The van der Waals surface area contributed by atoms with E-state index in [0.29, 0.717) is 16.7 Å². The van der Waals surface area contributed by atoms with Crippen LogP contribution in [-0.4, -0.2) is 43.4 Å². The number of hydrogen-bond acceptors (Lipinski definition) is 7. The number of ether oxygens (including phenoxy) is 1. The maximum absolute atomic E-state index is 13.8. The van der Waals surface area contributed by atoms with Gasteiger partial charge in [0.05, 0.1) is 29.7 Å². The van der Waals surface area contributed by atoms with Crippen molar-refractivity contribution >= 4 is 27.8 Å². The fourth-order valence-electron chi connectivity index (χ4n) is 4.13. The Morgan fingerprint density at radius 3 is 2.24 bits per heavy atom. The lowest BCUT2D eigenvalue weighted by atomic mass is 10.1. The molecule has 10 nitrogen and oxygen atoms in total. The highest BCUT2D eigenvalue weighted by Crippen LogP contribution is 2.28. The van der Waals surface area contributed by atoms with Crippen molar-refractivity contribution in [3.05, 3.63) is 98.1 Å². The number of sulfonamides is 1. The fraction of sp³-hybridized carbons (Fsp3) is 0.259. The number of nitrogens with one attached hydrogen (secondary N) is 1. The van der Waals surface area contributed by atoms with Crippen LogP contribution in [0, 0.1) is 37.8 Å². The Labute approximate surface area is 222 Å². The molecule has 1 N–H and O–H groups in total. The molecular formula is C27H30N4O6S. The van der Waals surface area contributed by atoms with E-state index in [1.54, 1.807) is 32.0 Å². The van der Waals surface area contributed by atoms with Crippen LogP contribution >= 0.6 is 0 Å². The minimum absolute atomic E-state index is 0.0167. The molecule has 0 aliphatic heterocycles. The van der Waals surface area contributed by atoms with Gasteiger partial charge >= 0.3 is 5.69 Å². The van der Waals surface area contributed by atoms with Gasteiger partial charge in [-0.25, -0.2) is 13.8 Å². The first-order chi connectivity index (χ1) is 17.9. The molecular weight excluding hydrogens is 508 g/mol. The summed E-state index contributed by atoms with van der Waals surface area (Å²) in [5.41, 5.74) is 6.30. The normalized spacial score (nSPS) is 11.6. The summed E-state index contributed by atoms with van der Waals surface area (Å²) in [6.45, 7) is 6.79. The molecule has 0 unspecified atom stereocenters. The van der Waals surface area contributed by atoms with Gasteiger partial charge in [-0.15, -0.1) is 0 Å². The molecule has 0 bridgehead atoms. The monoisotopic (exact) mass is 538 g/mol. The molecule has 0 saturated heterocycles. The van der Waals surface area contributed by atoms with Gasteiger partial charge in [0.1, 0.15) is 0 Å². The summed E-state index contributed by atoms with van der Waals surface area (Å²) >= 11 is 0. The fourth-order valence-corrected chi connectivity index (χ4v) is 5.93. The van der Waals surface area contributed by atoms with Crippen molar-refractivity contribution in [2.45, 2.75) is 39.1 Å². The van der Waals surface area contributed by atoms with Crippen LogP contribution in [0.3, 0.4) is 0 Å². The lowest BCUT2D eigenvalue weighted by Gasteiger charge is -2.24. The first-order valence-corrected chi connectivity index (χ1v) is 13.1. The molecule has 0 aliphatic carbocycles. The third-order valence-corrected chi connectivity index (χ3v) is 7.90. The Morgan fingerprint density at radius 2 is 1.66 bits per heavy atom. The number of carbonyl (C=O) groups is 1. The Morgan fingerprint density at radius 1 is 1.03 bits per heavy atom. The predicted molar refractivity (Wildman–Crippen MR) is 145 cm³/mol. The van der Waals surface area contributed by atoms with E-state index in [-0.39, 0.29) is 22.9 Å². The first kappa shape index (κ1) is 28.5. The quantitative estimate of drug-likeness (QED) is 0.234. The summed E-state index contributed by atoms with van der Waals surface area (Å²) in [5.74, 6) is -0.572. The highest BCUT2D eigenvalue weighted by Gasteiger charge is 2.30. The lowest BCUT2D eigenvalue weighted by Crippen LogP contribution is -2.39. The maximum Gasteiger partial charge on any atom is 0.311 e. The molecule has 0 aromatic heterocycles. The highest BCUT2D eigenvalue weighted by atomic mass is 32.2. The molecule has 3 aromatic rings. The number of benzene rings is 3. The molecule has 0 saturated carbocycles. The number of aryl methyl sites for hydroxylation is 4. The van der Waals surface area contributed by atoms with E-state index in [9.17, 15) is 23.3 Å². The van der Waals surface area contributed by atoms with Gasteiger partial charge in [-0.1, -0.05) is 47.5 Å². The second-order valence-corrected chi connectivity index (χ2v) is 10.8. The van der Waals surface area contributed by atoms with E-state index in [1.165, 1.54) is 25.5 Å². The van der Waals surface area contributed by atoms with Gasteiger partial charge < -0.3 is 4.74 Å². The molecule has 1 amide bonds. The van der Waals surface area contributed by atoms with Crippen LogP contribution in [0.5, 0.6) is 5.75 Å². The van der Waals surface area contributed by atoms with Gasteiger partial charge in [-0.2, -0.15) is 9.41 Å². The molecule has 3 rings (SSSR count). The van der Waals surface area contributed by atoms with E-state index in [0.717, 1.165) is 21.0 Å². The second-order valence-electron chi connectivity index (χ2n) is 8.97. The Balaban J connectivity index is 1.86. The Bertz CT molecular complexity index is 1460. The largest absolute Gasteiger partial charge is 0.490 e. The van der Waals surface area contributed by atoms with E-state index in [2.05, 4.69) is 10.5 Å². The van der Waals surface area contributed by atoms with Crippen molar-refractivity contribution in [1.82, 2.24) is 9.73 Å². The number of amides is 1. The molecule has 0 radical (unpaired) electrons. The highest BCUT2D eigenvalue weighted by molar-refractivity contribution is 7.89. The number of nitrogens with zero attached hydrogens (tertiary/aromatic N) is 3. The van der Waals surface area contributed by atoms with E-state index < -0.39 is 27.4 Å². The molecule has 11 heteroatoms. The molecule has 200 valence electrons. The van der Waals surface area contributed by atoms with Gasteiger partial charge in [0, 0.05) is 18.2 Å². The van der Waals surface area contributed by atoms with Crippen molar-refractivity contribution in [3.63, 3.8) is 0 Å². The molecule has 0 atom stereocenters. The minimum Gasteiger partial charge on any atom is -0.490 e. The van der Waals surface area contributed by atoms with Crippen LogP contribution in [-0.2, 0) is 21.4 Å². The molecule has 3 aromatic carbocycles.